The van der Waals surface area contributed by atoms with E-state index in [2.05, 4.69) is 10.3 Å². The van der Waals surface area contributed by atoms with E-state index in [0.717, 1.165) is 23.1 Å². The highest BCUT2D eigenvalue weighted by Gasteiger charge is 2.41. The third kappa shape index (κ3) is 4.31. The summed E-state index contributed by atoms with van der Waals surface area (Å²) in [5, 5.41) is 7.21. The summed E-state index contributed by atoms with van der Waals surface area (Å²) in [6.45, 7) is 1.47. The highest BCUT2D eigenvalue weighted by molar-refractivity contribution is 5.95. The Morgan fingerprint density at radius 2 is 1.83 bits per heavy atom. The van der Waals surface area contributed by atoms with Crippen molar-refractivity contribution >= 4 is 5.91 Å². The molecular formula is C18H14F6N4O2. The van der Waals surface area contributed by atoms with E-state index in [0.29, 0.717) is 23.7 Å². The van der Waals surface area contributed by atoms with E-state index < -0.39 is 40.8 Å². The maximum atomic E-state index is 13.7. The average molecular weight is 432 g/mol. The quantitative estimate of drug-likeness (QED) is 0.571. The fraction of sp³-hybridized carbons (Fsp3) is 0.278. The van der Waals surface area contributed by atoms with E-state index in [1.807, 2.05) is 0 Å². The molecule has 0 fully saturated rings. The Kier molecular flexibility index (Phi) is 5.35. The Hall–Kier alpha value is -3.31. The van der Waals surface area contributed by atoms with Gasteiger partial charge in [0.25, 0.3) is 5.91 Å². The lowest BCUT2D eigenvalue weighted by molar-refractivity contribution is -0.143. The second-order valence-corrected chi connectivity index (χ2v) is 6.45. The molecule has 1 aromatic carbocycles. The van der Waals surface area contributed by atoms with Crippen LogP contribution in [0.5, 0.6) is 0 Å². The van der Waals surface area contributed by atoms with E-state index in [1.54, 1.807) is 6.92 Å². The Morgan fingerprint density at radius 3 is 2.40 bits per heavy atom. The van der Waals surface area contributed by atoms with Crippen LogP contribution in [0, 0.1) is 6.92 Å². The number of amides is 1. The molecule has 0 radical (unpaired) electrons. The molecule has 0 spiro atoms. The number of rotatable bonds is 4. The van der Waals surface area contributed by atoms with Crippen LogP contribution < -0.4 is 0 Å². The number of carbonyl (C=O) groups excluding carboxylic acids is 1. The largest absolute Gasteiger partial charge is 0.434 e. The lowest BCUT2D eigenvalue weighted by Gasteiger charge is -2.18. The molecule has 160 valence electrons. The molecule has 0 aliphatic carbocycles. The third-order valence-corrected chi connectivity index (χ3v) is 4.11. The van der Waals surface area contributed by atoms with Gasteiger partial charge in [0.15, 0.2) is 5.69 Å². The van der Waals surface area contributed by atoms with E-state index >= 15 is 0 Å². The summed E-state index contributed by atoms with van der Waals surface area (Å²) in [6, 6.07) is 4.76. The van der Waals surface area contributed by atoms with Crippen LogP contribution >= 0.6 is 0 Å². The van der Waals surface area contributed by atoms with Gasteiger partial charge in [-0.05, 0) is 25.1 Å². The summed E-state index contributed by atoms with van der Waals surface area (Å²) in [5.41, 5.74) is -3.58. The summed E-state index contributed by atoms with van der Waals surface area (Å²) in [7, 11) is 1.26. The average Bonchev–Trinajstić information content (AvgIpc) is 3.26. The zero-order chi connectivity index (χ0) is 22.3. The van der Waals surface area contributed by atoms with Gasteiger partial charge in [-0.3, -0.25) is 4.79 Å². The molecule has 3 rings (SSSR count). The van der Waals surface area contributed by atoms with Gasteiger partial charge >= 0.3 is 12.4 Å². The minimum absolute atomic E-state index is 0.137. The van der Waals surface area contributed by atoms with Gasteiger partial charge in [-0.2, -0.15) is 31.4 Å². The van der Waals surface area contributed by atoms with Crippen LogP contribution in [0.3, 0.4) is 0 Å². The molecule has 6 nitrogen and oxygen atoms in total. The SMILES string of the molecule is Cc1cc(CN(C)C(=O)c2cnn(-c3cccc(C(F)(F)F)c3)c2C(F)(F)F)no1. The van der Waals surface area contributed by atoms with Crippen molar-refractivity contribution in [3.05, 3.63) is 64.8 Å². The molecule has 0 atom stereocenters. The van der Waals surface area contributed by atoms with Crippen molar-refractivity contribution in [2.45, 2.75) is 25.8 Å². The molecule has 12 heteroatoms. The first-order valence-corrected chi connectivity index (χ1v) is 8.38. The minimum Gasteiger partial charge on any atom is -0.361 e. The van der Waals surface area contributed by atoms with Crippen LogP contribution in [0.15, 0.2) is 41.1 Å². The normalized spacial score (nSPS) is 12.3. The summed E-state index contributed by atoms with van der Waals surface area (Å²) >= 11 is 0. The Balaban J connectivity index is 2.01. The number of halogens is 6. The molecule has 0 bridgehead atoms. The second kappa shape index (κ2) is 7.50. The molecule has 2 aromatic heterocycles. The summed E-state index contributed by atoms with van der Waals surface area (Å²) < 4.78 is 85.2. The number of aromatic nitrogens is 3. The smallest absolute Gasteiger partial charge is 0.361 e. The number of hydrogen-bond donors (Lipinski definition) is 0. The molecular weight excluding hydrogens is 418 g/mol. The summed E-state index contributed by atoms with van der Waals surface area (Å²) in [5.74, 6) is -0.569. The van der Waals surface area contributed by atoms with E-state index in [4.69, 9.17) is 4.52 Å². The minimum atomic E-state index is -5.05. The number of carbonyl (C=O) groups is 1. The van der Waals surface area contributed by atoms with Gasteiger partial charge in [0.2, 0.25) is 0 Å². The van der Waals surface area contributed by atoms with Crippen molar-refractivity contribution in [1.29, 1.82) is 0 Å². The van der Waals surface area contributed by atoms with E-state index in [-0.39, 0.29) is 11.2 Å². The fourth-order valence-corrected chi connectivity index (χ4v) is 2.80. The van der Waals surface area contributed by atoms with Crippen molar-refractivity contribution in [3.8, 4) is 5.69 Å². The molecule has 0 aliphatic rings. The Morgan fingerprint density at radius 1 is 1.13 bits per heavy atom. The first kappa shape index (κ1) is 21.4. The lowest BCUT2D eigenvalue weighted by Crippen LogP contribution is -2.28. The number of nitrogens with zero attached hydrogens (tertiary/aromatic N) is 4. The van der Waals surface area contributed by atoms with Crippen LogP contribution in [0.4, 0.5) is 26.3 Å². The van der Waals surface area contributed by atoms with Crippen molar-refractivity contribution in [2.24, 2.45) is 0 Å². The zero-order valence-electron chi connectivity index (χ0n) is 15.5. The van der Waals surface area contributed by atoms with Gasteiger partial charge in [0, 0.05) is 13.1 Å². The first-order valence-electron chi connectivity index (χ1n) is 8.38. The molecule has 0 aliphatic heterocycles. The Bertz CT molecular complexity index is 1070. The van der Waals surface area contributed by atoms with Crippen LogP contribution in [0.1, 0.15) is 33.1 Å². The topological polar surface area (TPSA) is 64.2 Å². The van der Waals surface area contributed by atoms with Gasteiger partial charge in [0.1, 0.15) is 11.5 Å². The maximum absolute atomic E-state index is 13.7. The number of benzene rings is 1. The Labute approximate surface area is 165 Å². The zero-order valence-corrected chi connectivity index (χ0v) is 15.5. The highest BCUT2D eigenvalue weighted by atomic mass is 19.4. The van der Waals surface area contributed by atoms with Gasteiger partial charge in [0.05, 0.1) is 29.6 Å². The fourth-order valence-electron chi connectivity index (χ4n) is 2.80. The molecule has 1 amide bonds. The predicted molar refractivity (Wildman–Crippen MR) is 90.6 cm³/mol. The van der Waals surface area contributed by atoms with Crippen LogP contribution in [0.25, 0.3) is 5.69 Å². The maximum Gasteiger partial charge on any atom is 0.434 e. The number of aryl methyl sites for hydroxylation is 1. The standard InChI is InChI=1S/C18H14F6N4O2/c1-10-6-12(26-30-10)9-27(2)16(29)14-8-25-28(15(14)18(22,23)24)13-5-3-4-11(7-13)17(19,20)21/h3-8H,9H2,1-2H3. The predicted octanol–water partition coefficient (Wildman–Crippen LogP) is 4.48. The van der Waals surface area contributed by atoms with Crippen molar-refractivity contribution in [2.75, 3.05) is 7.05 Å². The van der Waals surface area contributed by atoms with Crippen LogP contribution in [0.2, 0.25) is 0 Å². The van der Waals surface area contributed by atoms with E-state index in [9.17, 15) is 31.1 Å². The molecule has 2 heterocycles. The van der Waals surface area contributed by atoms with Gasteiger partial charge in [-0.25, -0.2) is 4.68 Å². The lowest BCUT2D eigenvalue weighted by atomic mass is 10.1. The molecule has 0 N–H and O–H groups in total. The van der Waals surface area contributed by atoms with Crippen molar-refractivity contribution < 1.29 is 35.7 Å². The van der Waals surface area contributed by atoms with E-state index in [1.165, 1.54) is 13.1 Å². The van der Waals surface area contributed by atoms with Crippen LogP contribution in [-0.4, -0.2) is 32.8 Å². The molecule has 30 heavy (non-hydrogen) atoms. The molecule has 0 saturated carbocycles. The van der Waals surface area contributed by atoms with Crippen LogP contribution in [-0.2, 0) is 18.9 Å². The third-order valence-electron chi connectivity index (χ3n) is 4.11. The first-order chi connectivity index (χ1) is 13.9. The van der Waals surface area contributed by atoms with Gasteiger partial charge in [-0.15, -0.1) is 0 Å². The number of alkyl halides is 6. The molecule has 3 aromatic rings. The van der Waals surface area contributed by atoms with Gasteiger partial charge < -0.3 is 9.42 Å². The van der Waals surface area contributed by atoms with Gasteiger partial charge in [-0.1, -0.05) is 11.2 Å². The number of hydrogen-bond acceptors (Lipinski definition) is 4. The van der Waals surface area contributed by atoms with Crippen molar-refractivity contribution in [3.63, 3.8) is 0 Å². The second-order valence-electron chi connectivity index (χ2n) is 6.45. The monoisotopic (exact) mass is 432 g/mol. The summed E-state index contributed by atoms with van der Waals surface area (Å²) in [6.07, 6.45) is -9.13. The molecule has 0 saturated heterocycles. The highest BCUT2D eigenvalue weighted by Crippen LogP contribution is 2.36. The molecule has 0 unspecified atom stereocenters. The van der Waals surface area contributed by atoms with Crippen molar-refractivity contribution in [1.82, 2.24) is 19.8 Å². The summed E-state index contributed by atoms with van der Waals surface area (Å²) in [4.78, 5) is 13.6.